The van der Waals surface area contributed by atoms with Crippen molar-refractivity contribution in [1.82, 2.24) is 10.3 Å². The van der Waals surface area contributed by atoms with Crippen molar-refractivity contribution in [1.29, 1.82) is 0 Å². The minimum Gasteiger partial charge on any atom is -0.483 e. The molecule has 1 aromatic heterocycles. The van der Waals surface area contributed by atoms with Crippen LogP contribution in [-0.2, 0) is 11.2 Å². The Kier molecular flexibility index (Phi) is 5.08. The third-order valence-corrected chi connectivity index (χ3v) is 4.54. The van der Waals surface area contributed by atoms with Crippen molar-refractivity contribution in [3.05, 3.63) is 64.8 Å². The van der Waals surface area contributed by atoms with Crippen LogP contribution in [0.4, 0.5) is 0 Å². The first kappa shape index (κ1) is 17.1. The summed E-state index contributed by atoms with van der Waals surface area (Å²) in [5, 5.41) is 4.13. The molecule has 1 heterocycles. The van der Waals surface area contributed by atoms with Gasteiger partial charge in [0, 0.05) is 23.6 Å². The molecule has 4 nitrogen and oxygen atoms in total. The molecule has 0 atom stereocenters. The minimum absolute atomic E-state index is 0.0389. The Balaban J connectivity index is 1.49. The second-order valence-corrected chi connectivity index (χ2v) is 6.45. The molecule has 130 valence electrons. The van der Waals surface area contributed by atoms with E-state index in [0.29, 0.717) is 6.54 Å². The molecule has 3 aromatic rings. The Hall–Kier alpha value is -2.75. The van der Waals surface area contributed by atoms with Crippen molar-refractivity contribution in [2.75, 3.05) is 13.2 Å². The highest BCUT2D eigenvalue weighted by Gasteiger charge is 2.07. The minimum atomic E-state index is -0.0996. The first-order chi connectivity index (χ1) is 12.0. The van der Waals surface area contributed by atoms with Gasteiger partial charge in [0.1, 0.15) is 5.75 Å². The second-order valence-electron chi connectivity index (χ2n) is 6.45. The van der Waals surface area contributed by atoms with Gasteiger partial charge >= 0.3 is 0 Å². The highest BCUT2D eigenvalue weighted by Crippen LogP contribution is 2.22. The summed E-state index contributed by atoms with van der Waals surface area (Å²) in [4.78, 5) is 15.3. The monoisotopic (exact) mass is 336 g/mol. The number of hydrogen-bond acceptors (Lipinski definition) is 2. The average Bonchev–Trinajstić information content (AvgIpc) is 3.00. The number of fused-ring (bicyclic) bond motifs is 1. The molecule has 25 heavy (non-hydrogen) atoms. The Morgan fingerprint density at radius 2 is 1.84 bits per heavy atom. The molecule has 0 bridgehead atoms. The van der Waals surface area contributed by atoms with Crippen molar-refractivity contribution >= 4 is 16.8 Å². The molecule has 0 fully saturated rings. The summed E-state index contributed by atoms with van der Waals surface area (Å²) >= 11 is 0. The van der Waals surface area contributed by atoms with Gasteiger partial charge < -0.3 is 15.0 Å². The number of ether oxygens (including phenoxy) is 1. The standard InChI is InChI=1S/C21H24N2O2/c1-14-10-16(3)20(11-15(14)2)25-13-21(24)22-9-8-17-12-23-19-7-5-4-6-18(17)19/h4-7,10-12,23H,8-9,13H2,1-3H3,(H,22,24). The lowest BCUT2D eigenvalue weighted by Crippen LogP contribution is -2.30. The second kappa shape index (κ2) is 7.43. The lowest BCUT2D eigenvalue weighted by Gasteiger charge is -2.12. The van der Waals surface area contributed by atoms with E-state index < -0.39 is 0 Å². The number of aryl methyl sites for hydroxylation is 3. The van der Waals surface area contributed by atoms with E-state index in [1.165, 1.54) is 22.1 Å². The third-order valence-electron chi connectivity index (χ3n) is 4.54. The van der Waals surface area contributed by atoms with Crippen LogP contribution in [0.25, 0.3) is 10.9 Å². The van der Waals surface area contributed by atoms with Crippen molar-refractivity contribution in [3.8, 4) is 5.75 Å². The highest BCUT2D eigenvalue weighted by molar-refractivity contribution is 5.83. The Morgan fingerprint density at radius 3 is 2.68 bits per heavy atom. The van der Waals surface area contributed by atoms with Gasteiger partial charge in [-0.25, -0.2) is 0 Å². The number of H-pyrrole nitrogens is 1. The van der Waals surface area contributed by atoms with Gasteiger partial charge in [0.05, 0.1) is 0 Å². The fourth-order valence-electron chi connectivity index (χ4n) is 2.96. The van der Waals surface area contributed by atoms with Crippen LogP contribution in [0.5, 0.6) is 5.75 Å². The van der Waals surface area contributed by atoms with Crippen molar-refractivity contribution < 1.29 is 9.53 Å². The molecule has 0 unspecified atom stereocenters. The number of carbonyl (C=O) groups is 1. The topological polar surface area (TPSA) is 54.1 Å². The van der Waals surface area contributed by atoms with Crippen LogP contribution in [0, 0.1) is 20.8 Å². The summed E-state index contributed by atoms with van der Waals surface area (Å²) < 4.78 is 5.67. The zero-order chi connectivity index (χ0) is 17.8. The van der Waals surface area contributed by atoms with Gasteiger partial charge in [-0.1, -0.05) is 24.3 Å². The molecule has 2 aromatic carbocycles. The normalized spacial score (nSPS) is 10.8. The summed E-state index contributed by atoms with van der Waals surface area (Å²) in [5.74, 6) is 0.673. The molecule has 2 N–H and O–H groups in total. The Labute approximate surface area is 148 Å². The predicted octanol–water partition coefficient (Wildman–Crippen LogP) is 3.83. The van der Waals surface area contributed by atoms with Crippen LogP contribution >= 0.6 is 0 Å². The molecule has 0 aliphatic heterocycles. The third kappa shape index (κ3) is 4.02. The fourth-order valence-corrected chi connectivity index (χ4v) is 2.96. The molecule has 0 aliphatic rings. The predicted molar refractivity (Wildman–Crippen MR) is 101 cm³/mol. The number of amides is 1. The summed E-state index contributed by atoms with van der Waals surface area (Å²) in [7, 11) is 0. The van der Waals surface area contributed by atoms with Crippen LogP contribution in [0.15, 0.2) is 42.6 Å². The van der Waals surface area contributed by atoms with E-state index in [2.05, 4.69) is 35.4 Å². The first-order valence-corrected chi connectivity index (χ1v) is 8.57. The van der Waals surface area contributed by atoms with Gasteiger partial charge in [-0.15, -0.1) is 0 Å². The molecule has 0 radical (unpaired) electrons. The largest absolute Gasteiger partial charge is 0.483 e. The molecule has 1 amide bonds. The number of hydrogen-bond donors (Lipinski definition) is 2. The SMILES string of the molecule is Cc1cc(C)c(OCC(=O)NCCc2c[nH]c3ccccc23)cc1C. The molecule has 0 spiro atoms. The maximum atomic E-state index is 12.0. The number of para-hydroxylation sites is 1. The van der Waals surface area contributed by atoms with Crippen molar-refractivity contribution in [3.63, 3.8) is 0 Å². The summed E-state index contributed by atoms with van der Waals surface area (Å²) in [5.41, 5.74) is 5.78. The van der Waals surface area contributed by atoms with Gasteiger partial charge in [0.15, 0.2) is 6.61 Å². The van der Waals surface area contributed by atoms with E-state index in [9.17, 15) is 4.79 Å². The van der Waals surface area contributed by atoms with Gasteiger partial charge in [-0.05, 0) is 61.6 Å². The molecular formula is C21H24N2O2. The molecule has 4 heteroatoms. The van der Waals surface area contributed by atoms with E-state index in [0.717, 1.165) is 23.3 Å². The maximum absolute atomic E-state index is 12.0. The summed E-state index contributed by atoms with van der Waals surface area (Å²) in [6.07, 6.45) is 2.80. The summed E-state index contributed by atoms with van der Waals surface area (Å²) in [6, 6.07) is 12.3. The van der Waals surface area contributed by atoms with Gasteiger partial charge in [0.2, 0.25) is 0 Å². The number of rotatable bonds is 6. The van der Waals surface area contributed by atoms with E-state index in [4.69, 9.17) is 4.74 Å². The quantitative estimate of drug-likeness (QED) is 0.719. The highest BCUT2D eigenvalue weighted by atomic mass is 16.5. The lowest BCUT2D eigenvalue weighted by molar-refractivity contribution is -0.123. The number of carbonyl (C=O) groups excluding carboxylic acids is 1. The van der Waals surface area contributed by atoms with Gasteiger partial charge in [-0.3, -0.25) is 4.79 Å². The number of nitrogens with one attached hydrogen (secondary N) is 2. The van der Waals surface area contributed by atoms with E-state index in [1.807, 2.05) is 38.2 Å². The summed E-state index contributed by atoms with van der Waals surface area (Å²) in [6.45, 7) is 6.75. The van der Waals surface area contributed by atoms with Gasteiger partial charge in [-0.2, -0.15) is 0 Å². The number of aromatic nitrogens is 1. The number of aromatic amines is 1. The van der Waals surface area contributed by atoms with Crippen LogP contribution in [-0.4, -0.2) is 24.0 Å². The Morgan fingerprint density at radius 1 is 1.08 bits per heavy atom. The van der Waals surface area contributed by atoms with Gasteiger partial charge in [0.25, 0.3) is 5.91 Å². The molecule has 0 saturated heterocycles. The lowest BCUT2D eigenvalue weighted by atomic mass is 10.1. The van der Waals surface area contributed by atoms with Crippen LogP contribution in [0.3, 0.4) is 0 Å². The van der Waals surface area contributed by atoms with E-state index in [1.54, 1.807) is 0 Å². The molecular weight excluding hydrogens is 312 g/mol. The molecule has 0 aliphatic carbocycles. The molecule has 0 saturated carbocycles. The van der Waals surface area contributed by atoms with Crippen LogP contribution in [0.1, 0.15) is 22.3 Å². The zero-order valence-electron chi connectivity index (χ0n) is 15.0. The first-order valence-electron chi connectivity index (χ1n) is 8.57. The molecule has 3 rings (SSSR count). The Bertz CT molecular complexity index is 896. The average molecular weight is 336 g/mol. The van der Waals surface area contributed by atoms with Crippen molar-refractivity contribution in [2.45, 2.75) is 27.2 Å². The maximum Gasteiger partial charge on any atom is 0.257 e. The fraction of sp³-hybridized carbons (Fsp3) is 0.286. The van der Waals surface area contributed by atoms with Crippen molar-refractivity contribution in [2.24, 2.45) is 0 Å². The van der Waals surface area contributed by atoms with E-state index >= 15 is 0 Å². The number of benzene rings is 2. The van der Waals surface area contributed by atoms with Crippen LogP contribution < -0.4 is 10.1 Å². The smallest absolute Gasteiger partial charge is 0.257 e. The van der Waals surface area contributed by atoms with Crippen LogP contribution in [0.2, 0.25) is 0 Å². The zero-order valence-corrected chi connectivity index (χ0v) is 15.0. The van der Waals surface area contributed by atoms with E-state index in [-0.39, 0.29) is 12.5 Å².